The lowest BCUT2D eigenvalue weighted by Crippen LogP contribution is -2.25. The van der Waals surface area contributed by atoms with Gasteiger partial charge in [0.25, 0.3) is 0 Å². The van der Waals surface area contributed by atoms with Crippen LogP contribution in [0.4, 0.5) is 0 Å². The molecule has 0 aliphatic carbocycles. The fraction of sp³-hybridized carbons (Fsp3) is 0.875. The number of carboxylic acids is 1. The second-order valence-electron chi connectivity index (χ2n) is 3.42. The fourth-order valence-corrected chi connectivity index (χ4v) is 1.08. The number of hydrogen-bond donors (Lipinski definition) is 5. The van der Waals surface area contributed by atoms with Crippen molar-refractivity contribution < 1.29 is 32.5 Å². The molecule has 2 atom stereocenters. The van der Waals surface area contributed by atoms with Crippen molar-refractivity contribution in [3.8, 4) is 0 Å². The number of unbranched alkanes of at least 4 members (excludes halogenated alkanes) is 1. The van der Waals surface area contributed by atoms with Gasteiger partial charge in [-0.25, -0.2) is 0 Å². The highest BCUT2D eigenvalue weighted by Crippen LogP contribution is 2.12. The van der Waals surface area contributed by atoms with Crippen LogP contribution in [-0.4, -0.2) is 46.4 Å². The summed E-state index contributed by atoms with van der Waals surface area (Å²) in [7, 11) is -4.67. The van der Waals surface area contributed by atoms with Gasteiger partial charge in [0.15, 0.2) is 0 Å². The second kappa shape index (κ2) is 9.31. The van der Waals surface area contributed by atoms with E-state index in [4.69, 9.17) is 33.5 Å². The van der Waals surface area contributed by atoms with E-state index in [-0.39, 0.29) is 0 Å². The summed E-state index contributed by atoms with van der Waals surface area (Å²) in [5, 5.41) is 17.7. The summed E-state index contributed by atoms with van der Waals surface area (Å²) in [5.74, 6) is -1.57. The van der Waals surface area contributed by atoms with Gasteiger partial charge < -0.3 is 15.9 Å². The molecule has 6 N–H and O–H groups in total. The quantitative estimate of drug-likeness (QED) is 0.321. The average molecular weight is 273 g/mol. The Morgan fingerprint density at radius 2 is 1.71 bits per heavy atom. The van der Waals surface area contributed by atoms with E-state index < -0.39 is 28.4 Å². The van der Waals surface area contributed by atoms with E-state index in [1.54, 1.807) is 0 Å². The molecule has 0 aromatic heterocycles. The lowest BCUT2D eigenvalue weighted by Gasteiger charge is -2.14. The Labute approximate surface area is 100 Å². The summed E-state index contributed by atoms with van der Waals surface area (Å²) in [4.78, 5) is 10.5. The van der Waals surface area contributed by atoms with Crippen LogP contribution >= 0.6 is 0 Å². The van der Waals surface area contributed by atoms with E-state index >= 15 is 0 Å². The third-order valence-electron chi connectivity index (χ3n) is 1.87. The highest BCUT2D eigenvalue weighted by atomic mass is 32.3. The molecular weight excluding hydrogens is 254 g/mol. The van der Waals surface area contributed by atoms with E-state index in [9.17, 15) is 4.79 Å². The van der Waals surface area contributed by atoms with Crippen LogP contribution < -0.4 is 5.73 Å². The Morgan fingerprint density at radius 1 is 1.29 bits per heavy atom. The van der Waals surface area contributed by atoms with E-state index in [2.05, 4.69) is 0 Å². The van der Waals surface area contributed by atoms with Crippen molar-refractivity contribution in [1.29, 1.82) is 0 Å². The molecule has 0 aromatic rings. The maximum atomic E-state index is 10.5. The topological polar surface area (TPSA) is 158 Å². The molecule has 0 rings (SSSR count). The number of carboxylic acid groups (broad SMARTS) is 1. The number of carbonyl (C=O) groups is 1. The maximum absolute atomic E-state index is 10.5. The Bertz CT molecular complexity index is 293. The van der Waals surface area contributed by atoms with Crippen LogP contribution in [0.15, 0.2) is 0 Å². The molecule has 0 radical (unpaired) electrons. The number of aliphatic hydroxyl groups excluding tert-OH is 1. The molecule has 0 saturated carbocycles. The van der Waals surface area contributed by atoms with Gasteiger partial charge in [0.2, 0.25) is 0 Å². The minimum absolute atomic E-state index is 0.504. The number of nitrogens with two attached hydrogens (primary N) is 1. The zero-order valence-electron chi connectivity index (χ0n) is 9.48. The van der Waals surface area contributed by atoms with Gasteiger partial charge in [-0.15, -0.1) is 0 Å². The second-order valence-corrected chi connectivity index (χ2v) is 4.31. The molecule has 0 aliphatic rings. The van der Waals surface area contributed by atoms with Gasteiger partial charge >= 0.3 is 16.4 Å². The van der Waals surface area contributed by atoms with Gasteiger partial charge in [0.05, 0.1) is 12.0 Å². The average Bonchev–Trinajstić information content (AvgIpc) is 2.08. The van der Waals surface area contributed by atoms with Crippen molar-refractivity contribution >= 4 is 16.4 Å². The monoisotopic (exact) mass is 273 g/mol. The van der Waals surface area contributed by atoms with Crippen LogP contribution in [0.2, 0.25) is 0 Å². The Hall–Kier alpha value is -0.740. The summed E-state index contributed by atoms with van der Waals surface area (Å²) >= 11 is 0. The molecule has 0 spiro atoms. The third-order valence-corrected chi connectivity index (χ3v) is 1.87. The first-order valence-corrected chi connectivity index (χ1v) is 6.30. The van der Waals surface area contributed by atoms with Crippen LogP contribution in [0.25, 0.3) is 0 Å². The van der Waals surface area contributed by atoms with E-state index in [1.807, 2.05) is 0 Å². The van der Waals surface area contributed by atoms with Gasteiger partial charge in [0.1, 0.15) is 0 Å². The van der Waals surface area contributed by atoms with E-state index in [1.165, 1.54) is 6.92 Å². The van der Waals surface area contributed by atoms with Crippen molar-refractivity contribution in [2.75, 3.05) is 6.54 Å². The van der Waals surface area contributed by atoms with E-state index in [0.29, 0.717) is 13.0 Å². The zero-order chi connectivity index (χ0) is 14.1. The Morgan fingerprint density at radius 3 is 1.94 bits per heavy atom. The number of hydrogen-bond acceptors (Lipinski definition) is 5. The van der Waals surface area contributed by atoms with Crippen molar-refractivity contribution in [1.82, 2.24) is 0 Å². The lowest BCUT2D eigenvalue weighted by atomic mass is 9.97. The number of aliphatic carboxylic acids is 1. The van der Waals surface area contributed by atoms with Gasteiger partial charge in [-0.1, -0.05) is 6.42 Å². The maximum Gasteiger partial charge on any atom is 0.394 e. The largest absolute Gasteiger partial charge is 0.481 e. The van der Waals surface area contributed by atoms with Crippen LogP contribution in [0.5, 0.6) is 0 Å². The summed E-state index contributed by atoms with van der Waals surface area (Å²) in [5.41, 5.74) is 5.26. The van der Waals surface area contributed by atoms with E-state index in [0.717, 1.165) is 12.8 Å². The van der Waals surface area contributed by atoms with Gasteiger partial charge in [-0.05, 0) is 26.3 Å². The van der Waals surface area contributed by atoms with Crippen LogP contribution in [-0.2, 0) is 15.2 Å². The lowest BCUT2D eigenvalue weighted by molar-refractivity contribution is -0.145. The molecule has 0 aromatic carbocycles. The highest BCUT2D eigenvalue weighted by Gasteiger charge is 2.21. The van der Waals surface area contributed by atoms with Gasteiger partial charge in [-0.3, -0.25) is 13.9 Å². The van der Waals surface area contributed by atoms with Crippen LogP contribution in [0.3, 0.4) is 0 Å². The van der Waals surface area contributed by atoms with Crippen molar-refractivity contribution in [2.24, 2.45) is 11.7 Å². The highest BCUT2D eigenvalue weighted by molar-refractivity contribution is 7.79. The van der Waals surface area contributed by atoms with Crippen molar-refractivity contribution in [3.63, 3.8) is 0 Å². The van der Waals surface area contributed by atoms with Gasteiger partial charge in [0, 0.05) is 0 Å². The SMILES string of the molecule is CC(O)C(CCCCN)C(=O)O.O=S(=O)(O)O. The molecule has 9 heteroatoms. The first-order valence-electron chi connectivity index (χ1n) is 4.90. The molecule has 0 amide bonds. The fourth-order valence-electron chi connectivity index (χ4n) is 1.08. The third kappa shape index (κ3) is 17.9. The predicted octanol–water partition coefficient (Wildman–Crippen LogP) is -0.456. The summed E-state index contributed by atoms with van der Waals surface area (Å²) in [6.07, 6.45) is 1.30. The number of aliphatic hydroxyl groups is 1. The molecule has 2 unspecified atom stereocenters. The first kappa shape index (κ1) is 18.6. The molecule has 0 heterocycles. The Kier molecular flexibility index (Phi) is 10.2. The summed E-state index contributed by atoms with van der Waals surface area (Å²) < 4.78 is 31.6. The minimum atomic E-state index is -4.67. The molecular formula is C8H19NO7S. The van der Waals surface area contributed by atoms with Crippen molar-refractivity contribution in [2.45, 2.75) is 32.3 Å². The smallest absolute Gasteiger partial charge is 0.394 e. The zero-order valence-corrected chi connectivity index (χ0v) is 10.3. The molecule has 104 valence electrons. The Balaban J connectivity index is 0. The standard InChI is InChI=1S/C8H17NO3.H2O4S/c1-6(10)7(8(11)12)4-2-3-5-9;1-5(2,3)4/h6-7,10H,2-5,9H2,1H3,(H,11,12);(H2,1,2,3,4). The van der Waals surface area contributed by atoms with Crippen LogP contribution in [0, 0.1) is 5.92 Å². The summed E-state index contributed by atoms with van der Waals surface area (Å²) in [6.45, 7) is 2.08. The first-order chi connectivity index (χ1) is 7.59. The molecule has 0 saturated heterocycles. The predicted molar refractivity (Wildman–Crippen MR) is 59.9 cm³/mol. The molecule has 0 bridgehead atoms. The molecule has 0 aliphatic heterocycles. The summed E-state index contributed by atoms with van der Waals surface area (Å²) in [6, 6.07) is 0. The molecule has 17 heavy (non-hydrogen) atoms. The van der Waals surface area contributed by atoms with Crippen LogP contribution in [0.1, 0.15) is 26.2 Å². The normalized spacial score (nSPS) is 14.4. The van der Waals surface area contributed by atoms with Gasteiger partial charge in [-0.2, -0.15) is 8.42 Å². The molecule has 8 nitrogen and oxygen atoms in total. The molecule has 0 fully saturated rings. The minimum Gasteiger partial charge on any atom is -0.481 e. The van der Waals surface area contributed by atoms with Crippen molar-refractivity contribution in [3.05, 3.63) is 0 Å². The number of rotatable bonds is 6.